The number of rotatable bonds is 5. The van der Waals surface area contributed by atoms with Crippen molar-refractivity contribution < 1.29 is 9.72 Å². The van der Waals surface area contributed by atoms with Crippen molar-refractivity contribution in [3.05, 3.63) is 34.7 Å². The average molecular weight is 265 g/mol. The molecule has 0 aliphatic rings. The Morgan fingerprint density at radius 3 is 3.00 bits per heavy atom. The van der Waals surface area contributed by atoms with Gasteiger partial charge in [-0.05, 0) is 0 Å². The van der Waals surface area contributed by atoms with Gasteiger partial charge in [0.15, 0.2) is 0 Å². The molecule has 0 bridgehead atoms. The second-order valence-corrected chi connectivity index (χ2v) is 3.84. The van der Waals surface area contributed by atoms with Gasteiger partial charge in [0.05, 0.1) is 11.5 Å². The molecule has 0 atom stereocenters. The lowest BCUT2D eigenvalue weighted by Gasteiger charge is -2.15. The van der Waals surface area contributed by atoms with Gasteiger partial charge in [0.25, 0.3) is 0 Å². The van der Waals surface area contributed by atoms with Gasteiger partial charge < -0.3 is 4.90 Å². The van der Waals surface area contributed by atoms with E-state index in [2.05, 4.69) is 20.3 Å². The van der Waals surface area contributed by atoms with Gasteiger partial charge in [-0.25, -0.2) is 4.98 Å². The molecule has 0 radical (unpaired) electrons. The van der Waals surface area contributed by atoms with Crippen molar-refractivity contribution in [1.82, 2.24) is 29.9 Å². The third kappa shape index (κ3) is 3.12. The highest BCUT2D eigenvalue weighted by atomic mass is 16.6. The standard InChI is InChI=1S/C9H11N7O3/c1-14(4-8-10-6-11-13-8)9(17)5-15-3-7(2-12-15)16(18)19/h2-3,6H,4-5H2,1H3,(H,10,11,13). The molecule has 2 aromatic rings. The van der Waals surface area contributed by atoms with Crippen molar-refractivity contribution in [2.24, 2.45) is 0 Å². The van der Waals surface area contributed by atoms with Crippen molar-refractivity contribution in [3.63, 3.8) is 0 Å². The van der Waals surface area contributed by atoms with Crippen LogP contribution in [0.3, 0.4) is 0 Å². The Labute approximate surface area is 107 Å². The van der Waals surface area contributed by atoms with Crippen LogP contribution in [0.5, 0.6) is 0 Å². The SMILES string of the molecule is CN(Cc1ncn[nH]1)C(=O)Cn1cc([N+](=O)[O-])cn1. The van der Waals surface area contributed by atoms with E-state index in [1.54, 1.807) is 7.05 Å². The van der Waals surface area contributed by atoms with Crippen LogP contribution in [-0.2, 0) is 17.9 Å². The van der Waals surface area contributed by atoms with Crippen LogP contribution < -0.4 is 0 Å². The topological polar surface area (TPSA) is 123 Å². The van der Waals surface area contributed by atoms with Gasteiger partial charge in [-0.2, -0.15) is 10.2 Å². The predicted molar refractivity (Wildman–Crippen MR) is 61.7 cm³/mol. The van der Waals surface area contributed by atoms with Gasteiger partial charge in [0, 0.05) is 7.05 Å². The van der Waals surface area contributed by atoms with E-state index in [1.165, 1.54) is 22.1 Å². The zero-order valence-corrected chi connectivity index (χ0v) is 10.1. The molecule has 2 aromatic heterocycles. The Balaban J connectivity index is 1.94. The molecule has 0 aliphatic heterocycles. The van der Waals surface area contributed by atoms with Crippen molar-refractivity contribution in [2.75, 3.05) is 7.05 Å². The molecule has 0 unspecified atom stereocenters. The van der Waals surface area contributed by atoms with E-state index in [9.17, 15) is 14.9 Å². The van der Waals surface area contributed by atoms with Crippen molar-refractivity contribution >= 4 is 11.6 Å². The van der Waals surface area contributed by atoms with E-state index in [0.717, 1.165) is 6.20 Å². The fraction of sp³-hybridized carbons (Fsp3) is 0.333. The Bertz CT molecular complexity index is 576. The van der Waals surface area contributed by atoms with E-state index in [1.807, 2.05) is 0 Å². The summed E-state index contributed by atoms with van der Waals surface area (Å²) in [6.45, 7) is 0.209. The predicted octanol–water partition coefficient (Wildman–Crippen LogP) is -0.432. The molecule has 1 amide bonds. The molecule has 2 rings (SSSR count). The normalized spacial score (nSPS) is 10.4. The molecule has 10 nitrogen and oxygen atoms in total. The number of hydrogen-bond donors (Lipinski definition) is 1. The lowest BCUT2D eigenvalue weighted by Crippen LogP contribution is -2.30. The minimum Gasteiger partial charge on any atom is -0.337 e. The number of H-pyrrole nitrogens is 1. The van der Waals surface area contributed by atoms with Crippen LogP contribution in [0.2, 0.25) is 0 Å². The first-order chi connectivity index (χ1) is 9.06. The van der Waals surface area contributed by atoms with Gasteiger partial charge >= 0.3 is 5.69 Å². The molecular weight excluding hydrogens is 254 g/mol. The number of hydrogen-bond acceptors (Lipinski definition) is 6. The Morgan fingerprint density at radius 2 is 2.42 bits per heavy atom. The Morgan fingerprint density at radius 1 is 1.63 bits per heavy atom. The molecule has 19 heavy (non-hydrogen) atoms. The lowest BCUT2D eigenvalue weighted by atomic mass is 10.4. The maximum atomic E-state index is 11.9. The molecule has 0 fully saturated rings. The zero-order valence-electron chi connectivity index (χ0n) is 10.1. The van der Waals surface area contributed by atoms with Crippen LogP contribution in [0, 0.1) is 10.1 Å². The fourth-order valence-corrected chi connectivity index (χ4v) is 1.41. The highest BCUT2D eigenvalue weighted by Gasteiger charge is 2.14. The first kappa shape index (κ1) is 12.7. The van der Waals surface area contributed by atoms with Crippen LogP contribution in [0.15, 0.2) is 18.7 Å². The third-order valence-corrected chi connectivity index (χ3v) is 2.41. The third-order valence-electron chi connectivity index (χ3n) is 2.41. The molecule has 0 spiro atoms. The van der Waals surface area contributed by atoms with Crippen molar-refractivity contribution in [3.8, 4) is 0 Å². The number of carbonyl (C=O) groups is 1. The monoisotopic (exact) mass is 265 g/mol. The van der Waals surface area contributed by atoms with E-state index < -0.39 is 4.92 Å². The number of nitrogens with zero attached hydrogens (tertiary/aromatic N) is 6. The van der Waals surface area contributed by atoms with E-state index in [4.69, 9.17) is 0 Å². The van der Waals surface area contributed by atoms with Crippen LogP contribution in [0.4, 0.5) is 5.69 Å². The minimum absolute atomic E-state index is 0.0710. The molecule has 1 N–H and O–H groups in total. The quantitative estimate of drug-likeness (QED) is 0.578. The summed E-state index contributed by atoms with van der Waals surface area (Å²) in [6, 6.07) is 0. The van der Waals surface area contributed by atoms with E-state index in [-0.39, 0.29) is 24.7 Å². The smallest absolute Gasteiger partial charge is 0.307 e. The number of aromatic amines is 1. The Hall–Kier alpha value is -2.78. The molecule has 10 heteroatoms. The number of carbonyl (C=O) groups excluding carboxylic acids is 1. The maximum absolute atomic E-state index is 11.9. The molecule has 0 saturated heterocycles. The van der Waals surface area contributed by atoms with Crippen molar-refractivity contribution in [2.45, 2.75) is 13.1 Å². The number of nitrogens with one attached hydrogen (secondary N) is 1. The molecule has 0 aliphatic carbocycles. The summed E-state index contributed by atoms with van der Waals surface area (Å²) in [5.41, 5.74) is -0.148. The van der Waals surface area contributed by atoms with Crippen LogP contribution in [0.25, 0.3) is 0 Å². The molecule has 0 saturated carbocycles. The molecule has 100 valence electrons. The first-order valence-electron chi connectivity index (χ1n) is 5.31. The largest absolute Gasteiger partial charge is 0.337 e. The van der Waals surface area contributed by atoms with Gasteiger partial charge in [0.1, 0.15) is 31.1 Å². The van der Waals surface area contributed by atoms with Gasteiger partial charge in [0.2, 0.25) is 5.91 Å². The highest BCUT2D eigenvalue weighted by molar-refractivity contribution is 5.75. The molecular formula is C9H11N7O3. The summed E-state index contributed by atoms with van der Waals surface area (Å²) in [4.78, 5) is 27.1. The van der Waals surface area contributed by atoms with Gasteiger partial charge in [-0.3, -0.25) is 24.7 Å². The Kier molecular flexibility index (Phi) is 3.50. The summed E-state index contributed by atoms with van der Waals surface area (Å²) < 4.78 is 1.22. The number of nitro groups is 1. The van der Waals surface area contributed by atoms with Crippen LogP contribution >= 0.6 is 0 Å². The number of amides is 1. The van der Waals surface area contributed by atoms with Gasteiger partial charge in [-0.15, -0.1) is 0 Å². The van der Waals surface area contributed by atoms with Crippen molar-refractivity contribution in [1.29, 1.82) is 0 Å². The lowest BCUT2D eigenvalue weighted by molar-refractivity contribution is -0.385. The summed E-state index contributed by atoms with van der Waals surface area (Å²) in [5.74, 6) is 0.316. The fourth-order valence-electron chi connectivity index (χ4n) is 1.41. The van der Waals surface area contributed by atoms with Crippen LogP contribution in [-0.4, -0.2) is 47.7 Å². The second-order valence-electron chi connectivity index (χ2n) is 3.84. The van der Waals surface area contributed by atoms with Crippen LogP contribution in [0.1, 0.15) is 5.82 Å². The number of likely N-dealkylation sites (N-methyl/N-ethyl adjacent to an activating group) is 1. The van der Waals surface area contributed by atoms with Gasteiger partial charge in [-0.1, -0.05) is 0 Å². The second kappa shape index (κ2) is 5.25. The summed E-state index contributed by atoms with van der Waals surface area (Å²) in [6.07, 6.45) is 3.66. The van der Waals surface area contributed by atoms with E-state index >= 15 is 0 Å². The summed E-state index contributed by atoms with van der Waals surface area (Å²) in [5, 5.41) is 20.5. The average Bonchev–Trinajstić information content (AvgIpc) is 2.99. The van der Waals surface area contributed by atoms with E-state index in [0.29, 0.717) is 5.82 Å². The maximum Gasteiger partial charge on any atom is 0.307 e. The molecule has 0 aromatic carbocycles. The summed E-state index contributed by atoms with van der Waals surface area (Å²) >= 11 is 0. The molecule has 2 heterocycles. The highest BCUT2D eigenvalue weighted by Crippen LogP contribution is 2.08. The first-order valence-corrected chi connectivity index (χ1v) is 5.31. The summed E-state index contributed by atoms with van der Waals surface area (Å²) in [7, 11) is 1.60. The minimum atomic E-state index is -0.563. The number of aromatic nitrogens is 5. The zero-order chi connectivity index (χ0) is 13.8.